The fraction of sp³-hybridized carbons (Fsp3) is 0.167. The van der Waals surface area contributed by atoms with Crippen LogP contribution in [0, 0.1) is 6.92 Å². The van der Waals surface area contributed by atoms with Gasteiger partial charge in [-0.1, -0.05) is 65.7 Å². The summed E-state index contributed by atoms with van der Waals surface area (Å²) in [4.78, 5) is 13.5. The van der Waals surface area contributed by atoms with E-state index >= 15 is 0 Å². The Kier molecular flexibility index (Phi) is 7.77. The number of ether oxygens (including phenoxy) is 2. The number of carbonyl (C=O) groups is 1. The second kappa shape index (κ2) is 11.4. The molecule has 1 aliphatic rings. The first-order valence-corrected chi connectivity index (χ1v) is 14.2. The average Bonchev–Trinajstić information content (AvgIpc) is 2.95. The van der Waals surface area contributed by atoms with E-state index in [2.05, 4.69) is 5.32 Å². The Balaban J connectivity index is 1.43. The number of amides is 1. The van der Waals surface area contributed by atoms with E-state index in [1.54, 1.807) is 72.8 Å². The van der Waals surface area contributed by atoms with E-state index in [4.69, 9.17) is 21.1 Å². The Bertz CT molecular complexity index is 1570. The van der Waals surface area contributed by atoms with Crippen molar-refractivity contribution in [1.29, 1.82) is 0 Å². The Morgan fingerprint density at radius 3 is 2.33 bits per heavy atom. The van der Waals surface area contributed by atoms with Crippen molar-refractivity contribution in [2.24, 2.45) is 0 Å². The van der Waals surface area contributed by atoms with Crippen LogP contribution in [0.1, 0.15) is 21.5 Å². The van der Waals surface area contributed by atoms with Crippen molar-refractivity contribution in [2.75, 3.05) is 17.5 Å². The molecule has 0 aliphatic carbocycles. The van der Waals surface area contributed by atoms with Gasteiger partial charge in [0.05, 0.1) is 29.2 Å². The molecule has 1 atom stereocenters. The molecule has 7 nitrogen and oxygen atoms in total. The van der Waals surface area contributed by atoms with Crippen molar-refractivity contribution in [2.45, 2.75) is 24.5 Å². The summed E-state index contributed by atoms with van der Waals surface area (Å²) >= 11 is 6.06. The molecule has 0 bridgehead atoms. The Morgan fingerprint density at radius 2 is 1.59 bits per heavy atom. The summed E-state index contributed by atoms with van der Waals surface area (Å²) in [6, 6.07) is 27.6. The molecule has 0 radical (unpaired) electrons. The van der Waals surface area contributed by atoms with Crippen molar-refractivity contribution in [1.82, 2.24) is 5.32 Å². The fourth-order valence-corrected chi connectivity index (χ4v) is 5.84. The molecule has 1 heterocycles. The molecule has 9 heteroatoms. The number of aryl methyl sites for hydroxylation is 1. The molecular weight excluding hydrogens is 536 g/mol. The molecule has 1 N–H and O–H groups in total. The van der Waals surface area contributed by atoms with E-state index in [0.717, 1.165) is 11.1 Å². The summed E-state index contributed by atoms with van der Waals surface area (Å²) in [5.41, 5.74) is 2.14. The lowest BCUT2D eigenvalue weighted by Gasteiger charge is -2.28. The van der Waals surface area contributed by atoms with Crippen molar-refractivity contribution >= 4 is 33.2 Å². The highest BCUT2D eigenvalue weighted by Crippen LogP contribution is 2.32. The third-order valence-electron chi connectivity index (χ3n) is 6.32. The smallest absolute Gasteiger partial charge is 0.264 e. The molecular formula is C30H27ClN2O5S. The Labute approximate surface area is 233 Å². The molecule has 4 aromatic carbocycles. The third-order valence-corrected chi connectivity index (χ3v) is 8.35. The molecule has 0 fully saturated rings. The first-order valence-electron chi connectivity index (χ1n) is 12.4. The number of hydrogen-bond acceptors (Lipinski definition) is 5. The van der Waals surface area contributed by atoms with Crippen LogP contribution in [0.15, 0.2) is 102 Å². The minimum atomic E-state index is -4.03. The topological polar surface area (TPSA) is 84.9 Å². The number of nitrogens with one attached hydrogen (secondary N) is 1. The maximum Gasteiger partial charge on any atom is 0.264 e. The standard InChI is InChI=1S/C30H27ClN2O5S/c1-21-10-16-25(17-11-21)39(35,36)33(19-22-12-14-23(31)15-13-22)27-7-3-2-6-26(27)30(34)32-18-24-20-37-28-8-4-5-9-29(28)38-24/h2-17,24H,18-20H2,1H3,(H,32,34). The van der Waals surface area contributed by atoms with Crippen molar-refractivity contribution < 1.29 is 22.7 Å². The van der Waals surface area contributed by atoms with Gasteiger partial charge >= 0.3 is 0 Å². The minimum Gasteiger partial charge on any atom is -0.486 e. The van der Waals surface area contributed by atoms with Gasteiger partial charge in [-0.05, 0) is 61.0 Å². The van der Waals surface area contributed by atoms with Crippen LogP contribution in [-0.2, 0) is 16.6 Å². The number of halogens is 1. The lowest BCUT2D eigenvalue weighted by molar-refractivity contribution is 0.0789. The number of nitrogens with zero attached hydrogens (tertiary/aromatic N) is 1. The van der Waals surface area contributed by atoms with Crippen LogP contribution in [0.5, 0.6) is 11.5 Å². The average molecular weight is 563 g/mol. The summed E-state index contributed by atoms with van der Waals surface area (Å²) < 4.78 is 40.8. The molecule has 39 heavy (non-hydrogen) atoms. The normalized spacial score (nSPS) is 14.5. The van der Waals surface area contributed by atoms with Gasteiger partial charge in [-0.15, -0.1) is 0 Å². The van der Waals surface area contributed by atoms with Gasteiger partial charge in [0.1, 0.15) is 12.7 Å². The maximum absolute atomic E-state index is 13.9. The predicted molar refractivity (Wildman–Crippen MR) is 151 cm³/mol. The van der Waals surface area contributed by atoms with Crippen LogP contribution >= 0.6 is 11.6 Å². The summed E-state index contributed by atoms with van der Waals surface area (Å²) in [6.07, 6.45) is -0.391. The Morgan fingerprint density at radius 1 is 0.923 bits per heavy atom. The highest BCUT2D eigenvalue weighted by atomic mass is 35.5. The van der Waals surface area contributed by atoms with E-state index in [1.807, 2.05) is 31.2 Å². The first-order chi connectivity index (χ1) is 18.8. The van der Waals surface area contributed by atoms with Crippen LogP contribution in [0.25, 0.3) is 0 Å². The van der Waals surface area contributed by atoms with E-state index in [0.29, 0.717) is 16.5 Å². The number of sulfonamides is 1. The lowest BCUT2D eigenvalue weighted by atomic mass is 10.1. The molecule has 0 saturated carbocycles. The van der Waals surface area contributed by atoms with Gasteiger partial charge in [-0.2, -0.15) is 0 Å². The van der Waals surface area contributed by atoms with Crippen molar-refractivity contribution in [3.63, 3.8) is 0 Å². The SMILES string of the molecule is Cc1ccc(S(=O)(=O)N(Cc2ccc(Cl)cc2)c2ccccc2C(=O)NCC2COc3ccccc3O2)cc1. The number of para-hydroxylation sites is 3. The molecule has 0 saturated heterocycles. The first kappa shape index (κ1) is 26.6. The molecule has 0 spiro atoms. The number of benzene rings is 4. The minimum absolute atomic E-state index is 0.00797. The molecule has 5 rings (SSSR count). The maximum atomic E-state index is 13.9. The summed E-state index contributed by atoms with van der Waals surface area (Å²) in [5, 5.41) is 3.43. The quantitative estimate of drug-likeness (QED) is 0.301. The van der Waals surface area contributed by atoms with Crippen LogP contribution in [0.4, 0.5) is 5.69 Å². The second-order valence-electron chi connectivity index (χ2n) is 9.18. The zero-order valence-corrected chi connectivity index (χ0v) is 22.8. The van der Waals surface area contributed by atoms with Gasteiger partial charge < -0.3 is 14.8 Å². The highest BCUT2D eigenvalue weighted by Gasteiger charge is 2.29. The molecule has 200 valence electrons. The van der Waals surface area contributed by atoms with Gasteiger partial charge in [0, 0.05) is 5.02 Å². The molecule has 0 aromatic heterocycles. The second-order valence-corrected chi connectivity index (χ2v) is 11.5. The highest BCUT2D eigenvalue weighted by molar-refractivity contribution is 7.92. The van der Waals surface area contributed by atoms with Gasteiger partial charge in [0.2, 0.25) is 0 Å². The van der Waals surface area contributed by atoms with Crippen LogP contribution in [-0.4, -0.2) is 33.6 Å². The van der Waals surface area contributed by atoms with Crippen LogP contribution in [0.3, 0.4) is 0 Å². The zero-order chi connectivity index (χ0) is 27.4. The van der Waals surface area contributed by atoms with Crippen molar-refractivity contribution in [3.8, 4) is 11.5 Å². The Hall–Kier alpha value is -4.01. The lowest BCUT2D eigenvalue weighted by Crippen LogP contribution is -2.41. The van der Waals surface area contributed by atoms with Crippen LogP contribution < -0.4 is 19.1 Å². The molecule has 1 unspecified atom stereocenters. The van der Waals surface area contributed by atoms with Crippen LogP contribution in [0.2, 0.25) is 5.02 Å². The number of rotatable bonds is 8. The monoisotopic (exact) mass is 562 g/mol. The number of anilines is 1. The summed E-state index contributed by atoms with van der Waals surface area (Å²) in [5.74, 6) is 0.847. The van der Waals surface area contributed by atoms with E-state index < -0.39 is 22.0 Å². The van der Waals surface area contributed by atoms with Gasteiger partial charge in [0.15, 0.2) is 11.5 Å². The van der Waals surface area contributed by atoms with Gasteiger partial charge in [0.25, 0.3) is 15.9 Å². The van der Waals surface area contributed by atoms with Crippen molar-refractivity contribution in [3.05, 3.63) is 119 Å². The summed E-state index contributed by atoms with van der Waals surface area (Å²) in [6.45, 7) is 2.36. The molecule has 4 aromatic rings. The largest absolute Gasteiger partial charge is 0.486 e. The molecule has 1 aliphatic heterocycles. The van der Waals surface area contributed by atoms with E-state index in [-0.39, 0.29) is 35.8 Å². The van der Waals surface area contributed by atoms with E-state index in [1.165, 1.54) is 4.31 Å². The van der Waals surface area contributed by atoms with Gasteiger partial charge in [-0.25, -0.2) is 8.42 Å². The number of carbonyl (C=O) groups excluding carboxylic acids is 1. The van der Waals surface area contributed by atoms with E-state index in [9.17, 15) is 13.2 Å². The fourth-order valence-electron chi connectivity index (χ4n) is 4.24. The number of fused-ring (bicyclic) bond motifs is 1. The predicted octanol–water partition coefficient (Wildman–Crippen LogP) is 5.61. The number of hydrogen-bond donors (Lipinski definition) is 1. The summed E-state index contributed by atoms with van der Waals surface area (Å²) in [7, 11) is -4.03. The zero-order valence-electron chi connectivity index (χ0n) is 21.2. The molecule has 1 amide bonds. The third kappa shape index (κ3) is 6.02. The van der Waals surface area contributed by atoms with Gasteiger partial charge in [-0.3, -0.25) is 9.10 Å².